The zero-order chi connectivity index (χ0) is 30.6. The summed E-state index contributed by atoms with van der Waals surface area (Å²) in [6.45, 7) is 4.01. The van der Waals surface area contributed by atoms with Crippen LogP contribution in [-0.2, 0) is 19.1 Å². The first-order chi connectivity index (χ1) is 21.9. The lowest BCUT2D eigenvalue weighted by atomic mass is 9.59. The molecule has 10 rings (SSSR count). The van der Waals surface area contributed by atoms with Gasteiger partial charge in [-0.1, -0.05) is 84.9 Å². The van der Waals surface area contributed by atoms with Gasteiger partial charge in [0.05, 0.1) is 23.8 Å². The normalized spacial score (nSPS) is 31.8. The van der Waals surface area contributed by atoms with Crippen LogP contribution in [0.4, 0.5) is 0 Å². The summed E-state index contributed by atoms with van der Waals surface area (Å²) < 4.78 is 12.7. The van der Waals surface area contributed by atoms with E-state index in [1.807, 2.05) is 55.1 Å². The molecule has 1 amide bonds. The Morgan fingerprint density at radius 1 is 0.756 bits per heavy atom. The molecule has 5 aliphatic carbocycles. The Morgan fingerprint density at radius 2 is 1.40 bits per heavy atom. The molecule has 0 N–H and O–H groups in total. The van der Waals surface area contributed by atoms with E-state index in [-0.39, 0.29) is 53.5 Å². The minimum Gasteiger partial charge on any atom is -0.460 e. The fraction of sp³-hybridized carbons (Fsp3) is 0.359. The lowest BCUT2D eigenvalue weighted by molar-refractivity contribution is -0.165. The Balaban J connectivity index is 1.05. The number of hydrogen-bond donors (Lipinski definition) is 0. The summed E-state index contributed by atoms with van der Waals surface area (Å²) in [6.07, 6.45) is 0.842. The molecule has 226 valence electrons. The number of esters is 2. The average molecular weight is 598 g/mol. The second-order valence-corrected chi connectivity index (χ2v) is 13.9. The molecule has 6 aliphatic rings. The molecule has 7 unspecified atom stereocenters. The predicted molar refractivity (Wildman–Crippen MR) is 168 cm³/mol. The highest BCUT2D eigenvalue weighted by Crippen LogP contribution is 2.61. The number of rotatable bonds is 5. The van der Waals surface area contributed by atoms with Crippen LogP contribution in [0.5, 0.6) is 5.75 Å². The van der Waals surface area contributed by atoms with E-state index in [2.05, 4.69) is 48.5 Å². The molecule has 0 radical (unpaired) electrons. The zero-order valence-electron chi connectivity index (χ0n) is 25.3. The van der Waals surface area contributed by atoms with Gasteiger partial charge in [0.25, 0.3) is 0 Å². The van der Waals surface area contributed by atoms with Crippen LogP contribution in [0, 0.1) is 29.6 Å². The number of benzene rings is 4. The van der Waals surface area contributed by atoms with Crippen molar-refractivity contribution in [3.8, 4) is 5.75 Å². The van der Waals surface area contributed by atoms with Crippen LogP contribution < -0.4 is 4.74 Å². The molecule has 1 aliphatic heterocycles. The quantitative estimate of drug-likeness (QED) is 0.195. The Hall–Kier alpha value is -4.45. The lowest BCUT2D eigenvalue weighted by Crippen LogP contribution is -2.50. The van der Waals surface area contributed by atoms with Crippen LogP contribution in [-0.4, -0.2) is 40.9 Å². The number of carbonyl (C=O) groups is 3. The first-order valence-electron chi connectivity index (χ1n) is 16.3. The minimum atomic E-state index is -0.650. The highest BCUT2D eigenvalue weighted by molar-refractivity contribution is 5.94. The van der Waals surface area contributed by atoms with Gasteiger partial charge in [0.15, 0.2) is 0 Å². The molecule has 6 heteroatoms. The van der Waals surface area contributed by atoms with Gasteiger partial charge in [-0.05, 0) is 66.3 Å². The molecule has 0 spiro atoms. The standard InChI is InChI=1S/C39H35NO5/c1-20(2)40-35-28-19-29(34(33(28)37(40)41)39(43)44-31-17-9-11-21-10-3-4-12-22(21)31)36(35)45-38(42)30-18-27-23-13-5-7-15-25(23)32(30)26-16-8-6-14-24(26)27/h3-17,20,27-30,32-36H,18-19H2,1-2H3. The third-order valence-corrected chi connectivity index (χ3v) is 11.6. The molecular weight excluding hydrogens is 562 g/mol. The summed E-state index contributed by atoms with van der Waals surface area (Å²) >= 11 is 0. The Morgan fingerprint density at radius 3 is 2.11 bits per heavy atom. The molecule has 0 aromatic heterocycles. The second kappa shape index (κ2) is 9.77. The highest BCUT2D eigenvalue weighted by Gasteiger charge is 2.71. The third kappa shape index (κ3) is 3.71. The van der Waals surface area contributed by atoms with E-state index in [4.69, 9.17) is 9.47 Å². The molecule has 7 atom stereocenters. The van der Waals surface area contributed by atoms with Gasteiger partial charge in [-0.2, -0.15) is 0 Å². The molecule has 1 heterocycles. The molecule has 4 aromatic rings. The molecule has 3 fully saturated rings. The number of nitrogens with zero attached hydrogens (tertiary/aromatic N) is 1. The molecule has 4 bridgehead atoms. The summed E-state index contributed by atoms with van der Waals surface area (Å²) in [7, 11) is 0. The number of amides is 1. The van der Waals surface area contributed by atoms with Crippen molar-refractivity contribution in [1.82, 2.24) is 4.90 Å². The van der Waals surface area contributed by atoms with Crippen LogP contribution >= 0.6 is 0 Å². The zero-order valence-corrected chi connectivity index (χ0v) is 25.3. The van der Waals surface area contributed by atoms with Crippen LogP contribution in [0.1, 0.15) is 60.8 Å². The van der Waals surface area contributed by atoms with Gasteiger partial charge in [-0.25, -0.2) is 0 Å². The summed E-state index contributed by atoms with van der Waals surface area (Å²) in [5.41, 5.74) is 5.02. The monoisotopic (exact) mass is 597 g/mol. The van der Waals surface area contributed by atoms with Gasteiger partial charge in [-0.15, -0.1) is 0 Å². The van der Waals surface area contributed by atoms with Crippen molar-refractivity contribution in [2.75, 3.05) is 0 Å². The minimum absolute atomic E-state index is 0.0134. The second-order valence-electron chi connectivity index (χ2n) is 13.9. The van der Waals surface area contributed by atoms with E-state index >= 15 is 0 Å². The SMILES string of the molecule is CC(C)N1C(=O)C2C3CC(C(OC(=O)C4CC5c6ccccc6C4c4ccccc45)C31)C2C(=O)Oc1cccc2ccccc12. The van der Waals surface area contributed by atoms with E-state index in [0.29, 0.717) is 18.6 Å². The molecular formula is C39H35NO5. The Bertz CT molecular complexity index is 1840. The van der Waals surface area contributed by atoms with Gasteiger partial charge in [0, 0.05) is 29.2 Å². The number of carbonyl (C=O) groups excluding carboxylic acids is 3. The topological polar surface area (TPSA) is 72.9 Å². The maximum absolute atomic E-state index is 14.3. The van der Waals surface area contributed by atoms with Gasteiger partial charge in [-0.3, -0.25) is 14.4 Å². The maximum Gasteiger partial charge on any atom is 0.315 e. The van der Waals surface area contributed by atoms with Gasteiger partial charge in [0.1, 0.15) is 11.9 Å². The van der Waals surface area contributed by atoms with Gasteiger partial charge in [0.2, 0.25) is 5.91 Å². The van der Waals surface area contributed by atoms with Crippen molar-refractivity contribution in [3.05, 3.63) is 113 Å². The summed E-state index contributed by atoms with van der Waals surface area (Å²) in [5.74, 6) is -1.76. The van der Waals surface area contributed by atoms with E-state index in [1.165, 1.54) is 22.3 Å². The summed E-state index contributed by atoms with van der Waals surface area (Å²) in [4.78, 5) is 44.2. The van der Waals surface area contributed by atoms with Crippen molar-refractivity contribution < 1.29 is 23.9 Å². The van der Waals surface area contributed by atoms with Crippen molar-refractivity contribution >= 4 is 28.6 Å². The molecule has 6 nitrogen and oxygen atoms in total. The molecule has 45 heavy (non-hydrogen) atoms. The highest BCUT2D eigenvalue weighted by atomic mass is 16.6. The largest absolute Gasteiger partial charge is 0.460 e. The third-order valence-electron chi connectivity index (χ3n) is 11.6. The van der Waals surface area contributed by atoms with Gasteiger partial charge < -0.3 is 14.4 Å². The van der Waals surface area contributed by atoms with Crippen LogP contribution in [0.3, 0.4) is 0 Å². The number of fused-ring (bicyclic) bond motifs is 3. The van der Waals surface area contributed by atoms with Crippen molar-refractivity contribution in [2.24, 2.45) is 29.6 Å². The number of hydrogen-bond acceptors (Lipinski definition) is 5. The lowest BCUT2D eigenvalue weighted by Gasteiger charge is -2.45. The number of ether oxygens (including phenoxy) is 2. The van der Waals surface area contributed by atoms with E-state index in [0.717, 1.165) is 10.8 Å². The van der Waals surface area contributed by atoms with E-state index in [9.17, 15) is 14.4 Å². The molecule has 4 aromatic carbocycles. The Labute approximate surface area is 262 Å². The molecule has 2 saturated carbocycles. The Kier molecular flexibility index (Phi) is 5.84. The average Bonchev–Trinajstić information content (AvgIpc) is 3.68. The van der Waals surface area contributed by atoms with Crippen LogP contribution in [0.25, 0.3) is 10.8 Å². The van der Waals surface area contributed by atoms with E-state index in [1.54, 1.807) is 6.07 Å². The van der Waals surface area contributed by atoms with Crippen LogP contribution in [0.15, 0.2) is 91.0 Å². The van der Waals surface area contributed by atoms with E-state index < -0.39 is 23.9 Å². The maximum atomic E-state index is 14.3. The summed E-state index contributed by atoms with van der Waals surface area (Å²) in [5, 5.41) is 1.84. The van der Waals surface area contributed by atoms with Gasteiger partial charge >= 0.3 is 11.9 Å². The smallest absolute Gasteiger partial charge is 0.315 e. The van der Waals surface area contributed by atoms with Crippen molar-refractivity contribution in [1.29, 1.82) is 0 Å². The molecule has 1 saturated heterocycles. The van der Waals surface area contributed by atoms with Crippen molar-refractivity contribution in [3.63, 3.8) is 0 Å². The number of likely N-dealkylation sites (tertiary alicyclic amines) is 1. The summed E-state index contributed by atoms with van der Waals surface area (Å²) in [6, 6.07) is 30.2. The van der Waals surface area contributed by atoms with Crippen molar-refractivity contribution in [2.45, 2.75) is 56.7 Å². The first-order valence-corrected chi connectivity index (χ1v) is 16.3. The first kappa shape index (κ1) is 26.9. The predicted octanol–water partition coefficient (Wildman–Crippen LogP) is 6.46. The van der Waals surface area contributed by atoms with Crippen LogP contribution in [0.2, 0.25) is 0 Å². The fourth-order valence-corrected chi connectivity index (χ4v) is 9.98. The fourth-order valence-electron chi connectivity index (χ4n) is 9.98.